The Bertz CT molecular complexity index is 7570. The number of rotatable bonds is 12. The normalized spacial score (nSPS) is 11.7. The smallest absolute Gasteiger partial charge is 0.164 e. The lowest BCUT2D eigenvalue weighted by molar-refractivity contribution is 1.07. The van der Waals surface area contributed by atoms with Gasteiger partial charge in [-0.25, -0.2) is 29.9 Å². The molecule has 0 unspecified atom stereocenters. The van der Waals surface area contributed by atoms with Gasteiger partial charge in [0.15, 0.2) is 34.9 Å². The molecule has 0 atom stereocenters. The summed E-state index contributed by atoms with van der Waals surface area (Å²) in [5.41, 5.74) is 19.3. The summed E-state index contributed by atoms with van der Waals surface area (Å²) in [6.45, 7) is 0. The van der Waals surface area contributed by atoms with Gasteiger partial charge < -0.3 is 0 Å². The van der Waals surface area contributed by atoms with Crippen LogP contribution >= 0.6 is 0 Å². The number of benzene rings is 20. The Morgan fingerprint density at radius 2 is 0.408 bits per heavy atom. The van der Waals surface area contributed by atoms with Crippen LogP contribution in [0, 0.1) is 0 Å². The molecule has 0 aliphatic rings. The summed E-state index contributed by atoms with van der Waals surface area (Å²) in [7, 11) is 0. The lowest BCUT2D eigenvalue weighted by atomic mass is 9.90. The molecule has 0 bridgehead atoms. The lowest BCUT2D eigenvalue weighted by Gasteiger charge is -2.14. The van der Waals surface area contributed by atoms with Crippen LogP contribution in [0.4, 0.5) is 0 Å². The van der Waals surface area contributed by atoms with Gasteiger partial charge in [-0.15, -0.1) is 0 Å². The van der Waals surface area contributed by atoms with Crippen LogP contribution in [0.15, 0.2) is 413 Å². The van der Waals surface area contributed by atoms with Gasteiger partial charge in [-0.05, 0) is 205 Å². The maximum absolute atomic E-state index is 5.14. The van der Waals surface area contributed by atoms with Crippen molar-refractivity contribution in [1.82, 2.24) is 39.9 Å². The minimum Gasteiger partial charge on any atom is -0.265 e. The third kappa shape index (κ3) is 12.3. The van der Waals surface area contributed by atoms with Crippen LogP contribution < -0.4 is 0 Å². The van der Waals surface area contributed by atoms with Crippen LogP contribution in [0.2, 0.25) is 0 Å². The van der Waals surface area contributed by atoms with Crippen LogP contribution in [0.1, 0.15) is 0 Å². The highest BCUT2D eigenvalue weighted by Gasteiger charge is 2.21. The molecule has 556 valence electrons. The molecule has 24 rings (SSSR count). The van der Waals surface area contributed by atoms with Gasteiger partial charge in [-0.1, -0.05) is 358 Å². The first-order chi connectivity index (χ1) is 59.4. The van der Waals surface area contributed by atoms with Crippen LogP contribution in [0.25, 0.3) is 243 Å². The van der Waals surface area contributed by atoms with Crippen molar-refractivity contribution in [3.63, 3.8) is 0 Å². The largest absolute Gasteiger partial charge is 0.265 e. The van der Waals surface area contributed by atoms with Crippen molar-refractivity contribution in [1.29, 1.82) is 0 Å². The Morgan fingerprint density at radius 1 is 0.133 bits per heavy atom. The van der Waals surface area contributed by atoms with Crippen molar-refractivity contribution in [2.75, 3.05) is 0 Å². The first-order valence-electron chi connectivity index (χ1n) is 40.5. The highest BCUT2D eigenvalue weighted by atomic mass is 15.0. The molecular formula is C112H68N8. The van der Waals surface area contributed by atoms with Crippen molar-refractivity contribution in [2.45, 2.75) is 0 Å². The van der Waals surface area contributed by atoms with Crippen molar-refractivity contribution in [3.8, 4) is 135 Å². The fourth-order valence-corrected chi connectivity index (χ4v) is 18.0. The molecule has 8 nitrogen and oxygen atoms in total. The topological polar surface area (TPSA) is 103 Å². The number of aromatic nitrogens is 8. The molecule has 0 fully saturated rings. The zero-order chi connectivity index (χ0) is 79.1. The van der Waals surface area contributed by atoms with E-state index in [-0.39, 0.29) is 0 Å². The Balaban J connectivity index is 0.000000140. The fraction of sp³-hybridized carbons (Fsp3) is 0. The number of pyridine rings is 2. The number of nitrogens with zero attached hydrogens (tertiary/aromatic N) is 8. The van der Waals surface area contributed by atoms with E-state index in [9.17, 15) is 0 Å². The van der Waals surface area contributed by atoms with Gasteiger partial charge in [0.1, 0.15) is 0 Å². The quantitative estimate of drug-likeness (QED) is 0.111. The van der Waals surface area contributed by atoms with E-state index in [0.717, 1.165) is 77.9 Å². The van der Waals surface area contributed by atoms with E-state index in [1.165, 1.54) is 130 Å². The van der Waals surface area contributed by atoms with Crippen molar-refractivity contribution >= 4 is 108 Å². The summed E-state index contributed by atoms with van der Waals surface area (Å²) in [6, 6.07) is 139. The van der Waals surface area contributed by atoms with E-state index in [1.807, 2.05) is 36.8 Å². The summed E-state index contributed by atoms with van der Waals surface area (Å²) in [5, 5.41) is 25.3. The average molecular weight is 1530 g/mol. The van der Waals surface area contributed by atoms with Crippen LogP contribution in [0.3, 0.4) is 0 Å². The summed E-state index contributed by atoms with van der Waals surface area (Å²) in [6.07, 6.45) is 7.30. The monoisotopic (exact) mass is 1520 g/mol. The molecule has 0 radical (unpaired) electrons. The van der Waals surface area contributed by atoms with Crippen molar-refractivity contribution in [3.05, 3.63) is 413 Å². The maximum atomic E-state index is 5.14. The molecule has 4 aromatic heterocycles. The number of fused-ring (bicyclic) bond motifs is 6. The number of hydrogen-bond donors (Lipinski definition) is 0. The highest BCUT2D eigenvalue weighted by Crippen LogP contribution is 2.45. The van der Waals surface area contributed by atoms with Crippen LogP contribution in [-0.4, -0.2) is 39.9 Å². The molecule has 0 saturated carbocycles. The van der Waals surface area contributed by atoms with Gasteiger partial charge in [-0.3, -0.25) is 9.97 Å². The second-order valence-corrected chi connectivity index (χ2v) is 30.9. The molecule has 8 heteroatoms. The third-order valence-electron chi connectivity index (χ3n) is 24.0. The minimum absolute atomic E-state index is 0.619. The van der Waals surface area contributed by atoms with E-state index < -0.39 is 0 Å². The Morgan fingerprint density at radius 3 is 0.767 bits per heavy atom. The Hall–Kier alpha value is -16.2. The van der Waals surface area contributed by atoms with Crippen molar-refractivity contribution < 1.29 is 0 Å². The Labute approximate surface area is 691 Å². The van der Waals surface area contributed by atoms with Gasteiger partial charge >= 0.3 is 0 Å². The molecule has 0 amide bonds. The van der Waals surface area contributed by atoms with Crippen molar-refractivity contribution in [2.24, 2.45) is 0 Å². The fourth-order valence-electron chi connectivity index (χ4n) is 18.0. The molecule has 0 aliphatic heterocycles. The van der Waals surface area contributed by atoms with Gasteiger partial charge in [0.2, 0.25) is 0 Å². The van der Waals surface area contributed by atoms with E-state index in [1.54, 1.807) is 6.20 Å². The van der Waals surface area contributed by atoms with Gasteiger partial charge in [0, 0.05) is 58.2 Å². The zero-order valence-electron chi connectivity index (χ0n) is 64.8. The first-order valence-corrected chi connectivity index (χ1v) is 40.5. The lowest BCUT2D eigenvalue weighted by Crippen LogP contribution is -2.00. The predicted molar refractivity (Wildman–Crippen MR) is 498 cm³/mol. The van der Waals surface area contributed by atoms with E-state index in [0.29, 0.717) is 34.9 Å². The molecule has 0 aliphatic carbocycles. The SMILES string of the molecule is c1ccc2c(c1)cc(-c1ccc(-c3nc(-c4ccc(-c5ccncc5)cc4)nc(-c4ccc(-c5ccc6ccc7cccc8ccc5c6c78)cc4)n3)cc1)c1ccccc12.c1cncc(-c2ccc(-c3nc(-c4ccc(-c5cc6ccccc6c6ccccc56)cc4)nc(-c4ccc(-c5ccc6ccc7cccc8ccc5c6c78)cc4)n3)cc2)c1. The second-order valence-electron chi connectivity index (χ2n) is 30.9. The van der Waals surface area contributed by atoms with Gasteiger partial charge in [-0.2, -0.15) is 0 Å². The van der Waals surface area contributed by atoms with E-state index in [2.05, 4.69) is 380 Å². The summed E-state index contributed by atoms with van der Waals surface area (Å²) in [4.78, 5) is 39.2. The first kappa shape index (κ1) is 69.4. The minimum atomic E-state index is 0.619. The van der Waals surface area contributed by atoms with Gasteiger partial charge in [0.05, 0.1) is 0 Å². The molecule has 0 saturated heterocycles. The molecular weight excluding hydrogens is 1460 g/mol. The standard InChI is InChI=1S/2C56H34N4/c1-2-11-46-44(7-1)33-51(49-13-4-3-12-48(46)49)37-18-26-43(27-19-37)56-59-54(41-22-14-35(15-23-41)45-10-6-32-57-34-45)58-55(60-56)42-24-16-36(17-25-42)47-30-28-40-21-20-38-8-5-9-39-29-31-50(47)53(40)52(38)39;1-2-9-46-45(6-1)34-51(49-11-4-3-10-48(46)49)38-16-24-44(25-17-38)56-59-54(42-20-12-35(13-21-42)36-30-32-57-33-31-36)58-55(60-56)43-22-14-37(15-23-43)47-28-26-41-19-18-39-7-5-8-40-27-29-50(47)53(41)52(39)40/h2*1-34H. The summed E-state index contributed by atoms with van der Waals surface area (Å²) < 4.78 is 0. The van der Waals surface area contributed by atoms with Gasteiger partial charge in [0.25, 0.3) is 0 Å². The summed E-state index contributed by atoms with van der Waals surface area (Å²) >= 11 is 0. The van der Waals surface area contributed by atoms with E-state index in [4.69, 9.17) is 29.9 Å². The zero-order valence-corrected chi connectivity index (χ0v) is 64.8. The average Bonchev–Trinajstić information content (AvgIpc) is 0.735. The predicted octanol–water partition coefficient (Wildman–Crippen LogP) is 28.9. The second kappa shape index (κ2) is 29.0. The maximum Gasteiger partial charge on any atom is 0.164 e. The van der Waals surface area contributed by atoms with E-state index >= 15 is 0 Å². The Kier molecular flexibility index (Phi) is 16.7. The molecule has 0 N–H and O–H groups in total. The molecule has 120 heavy (non-hydrogen) atoms. The third-order valence-corrected chi connectivity index (χ3v) is 24.0. The summed E-state index contributed by atoms with van der Waals surface area (Å²) in [5.74, 6) is 3.73. The molecule has 20 aromatic carbocycles. The van der Waals surface area contributed by atoms with Crippen LogP contribution in [0.5, 0.6) is 0 Å². The molecule has 4 heterocycles. The number of hydrogen-bond acceptors (Lipinski definition) is 8. The molecule has 24 aromatic rings. The highest BCUT2D eigenvalue weighted by molar-refractivity contribution is 6.27. The molecule has 0 spiro atoms. The van der Waals surface area contributed by atoms with Crippen LogP contribution in [-0.2, 0) is 0 Å².